The van der Waals surface area contributed by atoms with Crippen molar-refractivity contribution in [3.05, 3.63) is 66.9 Å². The van der Waals surface area contributed by atoms with E-state index in [2.05, 4.69) is 5.32 Å². The Bertz CT molecular complexity index is 1130. The highest BCUT2D eigenvalue weighted by molar-refractivity contribution is 7.15. The first-order chi connectivity index (χ1) is 13.7. The number of nitrogens with one attached hydrogen (secondary N) is 1. The molecule has 0 radical (unpaired) electrons. The van der Waals surface area contributed by atoms with Crippen molar-refractivity contribution in [3.63, 3.8) is 0 Å². The molecule has 0 atom stereocenters. The Balaban J connectivity index is 2.01. The molecule has 2 N–H and O–H groups in total. The van der Waals surface area contributed by atoms with Crippen LogP contribution in [-0.2, 0) is 0 Å². The molecule has 1 amide bonds. The van der Waals surface area contributed by atoms with Gasteiger partial charge in [0.2, 0.25) is 0 Å². The molecule has 3 rings (SSSR count). The van der Waals surface area contributed by atoms with Gasteiger partial charge >= 0.3 is 5.97 Å². The predicted octanol–water partition coefficient (Wildman–Crippen LogP) is 6.99. The van der Waals surface area contributed by atoms with Gasteiger partial charge < -0.3 is 15.2 Å². The van der Waals surface area contributed by atoms with E-state index < -0.39 is 11.9 Å². The van der Waals surface area contributed by atoms with Crippen LogP contribution in [0.4, 0.5) is 5.00 Å². The van der Waals surface area contributed by atoms with Gasteiger partial charge in [0, 0.05) is 16.0 Å². The highest BCUT2D eigenvalue weighted by Gasteiger charge is 2.24. The van der Waals surface area contributed by atoms with Crippen molar-refractivity contribution in [2.75, 3.05) is 12.4 Å². The summed E-state index contributed by atoms with van der Waals surface area (Å²) in [4.78, 5) is 24.6. The second-order valence-electron chi connectivity index (χ2n) is 5.69. The van der Waals surface area contributed by atoms with E-state index >= 15 is 0 Å². The fourth-order valence-corrected chi connectivity index (χ4v) is 4.61. The monoisotopic (exact) mass is 489 g/mol. The van der Waals surface area contributed by atoms with E-state index in [4.69, 9.17) is 51.1 Å². The smallest absolute Gasteiger partial charge is 0.339 e. The number of hydrogen-bond acceptors (Lipinski definition) is 4. The minimum Gasteiger partial charge on any atom is -0.494 e. The van der Waals surface area contributed by atoms with Crippen LogP contribution in [0.5, 0.6) is 5.75 Å². The van der Waals surface area contributed by atoms with E-state index in [0.717, 1.165) is 11.3 Å². The summed E-state index contributed by atoms with van der Waals surface area (Å²) < 4.78 is 5.06. The molecule has 0 saturated heterocycles. The molecule has 0 aliphatic carbocycles. The maximum atomic E-state index is 12.8. The van der Waals surface area contributed by atoms with E-state index in [1.165, 1.54) is 13.2 Å². The molecule has 0 unspecified atom stereocenters. The number of halogens is 4. The van der Waals surface area contributed by atoms with Crippen LogP contribution in [0.1, 0.15) is 20.7 Å². The zero-order valence-corrected chi connectivity index (χ0v) is 18.4. The number of carbonyl (C=O) groups excluding carboxylic acids is 1. The number of thiophene rings is 1. The summed E-state index contributed by atoms with van der Waals surface area (Å²) in [5.74, 6) is -1.72. The molecule has 0 saturated carbocycles. The van der Waals surface area contributed by atoms with Crippen LogP contribution in [0.25, 0.3) is 11.1 Å². The first-order valence-electron chi connectivity index (χ1n) is 7.88. The van der Waals surface area contributed by atoms with Gasteiger partial charge in [0.05, 0.1) is 22.7 Å². The van der Waals surface area contributed by atoms with Crippen molar-refractivity contribution < 1.29 is 19.4 Å². The normalized spacial score (nSPS) is 10.7. The molecule has 0 fully saturated rings. The average Bonchev–Trinajstić information content (AvgIpc) is 3.09. The zero-order valence-electron chi connectivity index (χ0n) is 14.6. The molecule has 2 aromatic carbocycles. The quantitative estimate of drug-likeness (QED) is 0.378. The first kappa shape index (κ1) is 21.7. The van der Waals surface area contributed by atoms with Crippen LogP contribution in [0.2, 0.25) is 20.1 Å². The Morgan fingerprint density at radius 1 is 1.10 bits per heavy atom. The lowest BCUT2D eigenvalue weighted by atomic mass is 10.0. The van der Waals surface area contributed by atoms with Gasteiger partial charge in [-0.2, -0.15) is 0 Å². The second-order valence-corrected chi connectivity index (χ2v) is 8.17. The van der Waals surface area contributed by atoms with Crippen LogP contribution in [0.3, 0.4) is 0 Å². The van der Waals surface area contributed by atoms with Crippen molar-refractivity contribution >= 4 is 74.6 Å². The lowest BCUT2D eigenvalue weighted by molar-refractivity contribution is 0.0699. The number of carboxylic acids is 1. The highest BCUT2D eigenvalue weighted by Crippen LogP contribution is 2.41. The molecule has 150 valence electrons. The Hall–Kier alpha value is -1.96. The van der Waals surface area contributed by atoms with Crippen LogP contribution in [0, 0.1) is 0 Å². The number of hydrogen-bond donors (Lipinski definition) is 2. The van der Waals surface area contributed by atoms with Gasteiger partial charge in [-0.15, -0.1) is 11.3 Å². The van der Waals surface area contributed by atoms with Crippen LogP contribution in [0.15, 0.2) is 35.7 Å². The number of aromatic carboxylic acids is 1. The van der Waals surface area contributed by atoms with Gasteiger partial charge in [-0.3, -0.25) is 4.79 Å². The Kier molecular flexibility index (Phi) is 6.61. The molecule has 3 aromatic rings. The summed E-state index contributed by atoms with van der Waals surface area (Å²) in [7, 11) is 1.37. The Labute approximate surface area is 189 Å². The highest BCUT2D eigenvalue weighted by atomic mass is 35.5. The molecule has 10 heteroatoms. The molecule has 0 aliphatic heterocycles. The zero-order chi connectivity index (χ0) is 21.3. The lowest BCUT2D eigenvalue weighted by Gasteiger charge is -2.12. The third kappa shape index (κ3) is 4.32. The lowest BCUT2D eigenvalue weighted by Crippen LogP contribution is -2.14. The number of methoxy groups -OCH3 is 1. The molecular formula is C19H11Cl4NO4S. The van der Waals surface area contributed by atoms with Crippen molar-refractivity contribution in [3.8, 4) is 16.9 Å². The maximum Gasteiger partial charge on any atom is 0.339 e. The molecule has 1 heterocycles. The predicted molar refractivity (Wildman–Crippen MR) is 118 cm³/mol. The minimum absolute atomic E-state index is 0.0171. The van der Waals surface area contributed by atoms with Crippen molar-refractivity contribution in [1.82, 2.24) is 0 Å². The van der Waals surface area contributed by atoms with Gasteiger partial charge in [0.25, 0.3) is 5.91 Å². The molecule has 0 bridgehead atoms. The number of rotatable bonds is 5. The molecule has 29 heavy (non-hydrogen) atoms. The number of benzene rings is 2. The van der Waals surface area contributed by atoms with Crippen molar-refractivity contribution in [1.29, 1.82) is 0 Å². The standard InChI is InChI=1S/C19H11Cl4NO4S/c1-28-16-12(21)6-10(14(22)15(16)23)17(25)24-18-13(19(26)27)11(7-29-18)8-3-2-4-9(20)5-8/h2-7H,1H3,(H,24,25)(H,26,27). The van der Waals surface area contributed by atoms with Crippen molar-refractivity contribution in [2.24, 2.45) is 0 Å². The van der Waals surface area contributed by atoms with Gasteiger partial charge in [0.15, 0.2) is 5.75 Å². The number of amides is 1. The summed E-state index contributed by atoms with van der Waals surface area (Å²) in [6.45, 7) is 0. The Morgan fingerprint density at radius 3 is 2.45 bits per heavy atom. The summed E-state index contributed by atoms with van der Waals surface area (Å²) in [5.41, 5.74) is 0.960. The number of ether oxygens (including phenoxy) is 1. The third-order valence-corrected chi connectivity index (χ3v) is 6.19. The Morgan fingerprint density at radius 2 is 1.83 bits per heavy atom. The van der Waals surface area contributed by atoms with Gasteiger partial charge in [0.1, 0.15) is 15.6 Å². The van der Waals surface area contributed by atoms with E-state index in [1.807, 2.05) is 0 Å². The molecule has 0 spiro atoms. The SMILES string of the molecule is COc1c(Cl)cc(C(=O)Nc2scc(-c3cccc(Cl)c3)c2C(=O)O)c(Cl)c1Cl. The fraction of sp³-hybridized carbons (Fsp3) is 0.0526. The van der Waals surface area contributed by atoms with E-state index in [-0.39, 0.29) is 36.9 Å². The van der Waals surface area contributed by atoms with E-state index in [1.54, 1.807) is 29.6 Å². The summed E-state index contributed by atoms with van der Waals surface area (Å²) >= 11 is 25.4. The first-order valence-corrected chi connectivity index (χ1v) is 10.3. The molecular weight excluding hydrogens is 480 g/mol. The van der Waals surface area contributed by atoms with Gasteiger partial charge in [-0.1, -0.05) is 58.5 Å². The van der Waals surface area contributed by atoms with Crippen LogP contribution < -0.4 is 10.1 Å². The molecule has 0 aliphatic rings. The maximum absolute atomic E-state index is 12.8. The number of carboxylic acid groups (broad SMARTS) is 1. The minimum atomic E-state index is -1.20. The molecule has 1 aromatic heterocycles. The third-order valence-electron chi connectivity index (χ3n) is 3.93. The summed E-state index contributed by atoms with van der Waals surface area (Å²) in [5, 5.41) is 14.5. The number of carbonyl (C=O) groups is 2. The number of anilines is 1. The second kappa shape index (κ2) is 8.81. The van der Waals surface area contributed by atoms with Gasteiger partial charge in [-0.05, 0) is 23.8 Å². The fourth-order valence-electron chi connectivity index (χ4n) is 2.63. The molecule has 5 nitrogen and oxygen atoms in total. The summed E-state index contributed by atoms with van der Waals surface area (Å²) in [6.07, 6.45) is 0. The van der Waals surface area contributed by atoms with E-state index in [0.29, 0.717) is 16.1 Å². The van der Waals surface area contributed by atoms with Gasteiger partial charge in [-0.25, -0.2) is 4.79 Å². The topological polar surface area (TPSA) is 75.6 Å². The van der Waals surface area contributed by atoms with Crippen LogP contribution >= 0.6 is 57.7 Å². The largest absolute Gasteiger partial charge is 0.494 e. The van der Waals surface area contributed by atoms with Crippen LogP contribution in [-0.4, -0.2) is 24.1 Å². The summed E-state index contributed by atoms with van der Waals surface area (Å²) in [6, 6.07) is 8.06. The van der Waals surface area contributed by atoms with E-state index in [9.17, 15) is 14.7 Å². The van der Waals surface area contributed by atoms with Crippen molar-refractivity contribution in [2.45, 2.75) is 0 Å². The average molecular weight is 491 g/mol.